The molecular formula is C20H26FN3O. The van der Waals surface area contributed by atoms with Crippen LogP contribution in [0.25, 0.3) is 0 Å². The second-order valence-corrected chi connectivity index (χ2v) is 6.48. The smallest absolute Gasteiger partial charge is 0.130 e. The number of benzene rings is 2. The summed E-state index contributed by atoms with van der Waals surface area (Å²) in [5.41, 5.74) is 3.73. The number of anilines is 3. The minimum atomic E-state index is -0.156. The molecule has 0 bridgehead atoms. The van der Waals surface area contributed by atoms with Gasteiger partial charge in [-0.05, 0) is 49.2 Å². The number of hydrogen-bond donors (Lipinski definition) is 2. The summed E-state index contributed by atoms with van der Waals surface area (Å²) in [5.74, 6) is -0.156. The number of nitrogens with one attached hydrogen (secondary N) is 1. The van der Waals surface area contributed by atoms with Crippen molar-refractivity contribution in [1.29, 1.82) is 0 Å². The highest BCUT2D eigenvalue weighted by molar-refractivity contribution is 5.58. The molecule has 0 aliphatic carbocycles. The largest absolute Gasteiger partial charge is 0.395 e. The number of likely N-dealkylation sites (N-methyl/N-ethyl adjacent to an activating group) is 1. The standard InChI is InChI=1S/C20H26FN3O/c1-23(13-14-25)17-9-7-16(8-10-17)22-15-18-19(21)5-4-6-20(18)24-11-2-3-12-24/h4-10,22,25H,2-3,11-15H2,1H3. The van der Waals surface area contributed by atoms with Crippen molar-refractivity contribution >= 4 is 17.1 Å². The highest BCUT2D eigenvalue weighted by Crippen LogP contribution is 2.27. The van der Waals surface area contributed by atoms with Gasteiger partial charge in [0.2, 0.25) is 0 Å². The summed E-state index contributed by atoms with van der Waals surface area (Å²) < 4.78 is 14.4. The predicted molar refractivity (Wildman–Crippen MR) is 102 cm³/mol. The number of aliphatic hydroxyl groups excluding tert-OH is 1. The van der Waals surface area contributed by atoms with Crippen molar-refractivity contribution in [2.24, 2.45) is 0 Å². The summed E-state index contributed by atoms with van der Waals surface area (Å²) in [6.45, 7) is 3.19. The van der Waals surface area contributed by atoms with Crippen molar-refractivity contribution < 1.29 is 9.50 Å². The van der Waals surface area contributed by atoms with Crippen LogP contribution >= 0.6 is 0 Å². The Balaban J connectivity index is 1.69. The van der Waals surface area contributed by atoms with Crippen molar-refractivity contribution in [3.05, 3.63) is 53.8 Å². The van der Waals surface area contributed by atoms with Crippen LogP contribution < -0.4 is 15.1 Å². The summed E-state index contributed by atoms with van der Waals surface area (Å²) in [7, 11) is 1.94. The molecule has 0 spiro atoms. The van der Waals surface area contributed by atoms with E-state index in [1.807, 2.05) is 42.3 Å². The first-order valence-electron chi connectivity index (χ1n) is 8.87. The van der Waals surface area contributed by atoms with Crippen molar-refractivity contribution in [3.8, 4) is 0 Å². The van der Waals surface area contributed by atoms with Gasteiger partial charge in [0.15, 0.2) is 0 Å². The first-order valence-corrected chi connectivity index (χ1v) is 8.87. The lowest BCUT2D eigenvalue weighted by atomic mass is 10.1. The van der Waals surface area contributed by atoms with E-state index >= 15 is 0 Å². The van der Waals surface area contributed by atoms with E-state index in [0.717, 1.165) is 35.7 Å². The Kier molecular flexibility index (Phi) is 5.76. The molecule has 0 amide bonds. The monoisotopic (exact) mass is 343 g/mol. The lowest BCUT2D eigenvalue weighted by Crippen LogP contribution is -2.21. The summed E-state index contributed by atoms with van der Waals surface area (Å²) in [4.78, 5) is 4.26. The molecule has 1 heterocycles. The third kappa shape index (κ3) is 4.23. The maximum atomic E-state index is 14.4. The fourth-order valence-corrected chi connectivity index (χ4v) is 3.28. The number of rotatable bonds is 7. The summed E-state index contributed by atoms with van der Waals surface area (Å²) in [6.07, 6.45) is 2.35. The normalized spacial score (nSPS) is 14.0. The van der Waals surface area contributed by atoms with Gasteiger partial charge in [0.1, 0.15) is 5.82 Å². The molecule has 25 heavy (non-hydrogen) atoms. The van der Waals surface area contributed by atoms with Crippen molar-refractivity contribution in [1.82, 2.24) is 0 Å². The molecule has 1 aliphatic rings. The SMILES string of the molecule is CN(CCO)c1ccc(NCc2c(F)cccc2N2CCCC2)cc1. The molecule has 0 radical (unpaired) electrons. The Morgan fingerprint density at radius 1 is 1.12 bits per heavy atom. The van der Waals surface area contributed by atoms with Gasteiger partial charge in [0.05, 0.1) is 6.61 Å². The van der Waals surface area contributed by atoms with Crippen LogP contribution in [0.1, 0.15) is 18.4 Å². The second kappa shape index (κ2) is 8.21. The van der Waals surface area contributed by atoms with Crippen LogP contribution in [0.4, 0.5) is 21.5 Å². The number of nitrogens with zero attached hydrogens (tertiary/aromatic N) is 2. The molecule has 4 nitrogen and oxygen atoms in total. The lowest BCUT2D eigenvalue weighted by Gasteiger charge is -2.22. The molecule has 1 aliphatic heterocycles. The van der Waals surface area contributed by atoms with Gasteiger partial charge in [-0.3, -0.25) is 0 Å². The van der Waals surface area contributed by atoms with Gasteiger partial charge < -0.3 is 20.2 Å². The van der Waals surface area contributed by atoms with E-state index in [4.69, 9.17) is 5.11 Å². The summed E-state index contributed by atoms with van der Waals surface area (Å²) in [5, 5.41) is 12.3. The third-order valence-electron chi connectivity index (χ3n) is 4.75. The zero-order valence-electron chi connectivity index (χ0n) is 14.7. The molecule has 3 rings (SSSR count). The van der Waals surface area contributed by atoms with Crippen molar-refractivity contribution in [2.75, 3.05) is 48.4 Å². The van der Waals surface area contributed by atoms with Crippen LogP contribution in [-0.2, 0) is 6.54 Å². The minimum absolute atomic E-state index is 0.128. The zero-order valence-corrected chi connectivity index (χ0v) is 14.7. The fraction of sp³-hybridized carbons (Fsp3) is 0.400. The van der Waals surface area contributed by atoms with E-state index in [1.165, 1.54) is 18.9 Å². The second-order valence-electron chi connectivity index (χ2n) is 6.48. The average Bonchev–Trinajstić information content (AvgIpc) is 3.15. The molecule has 5 heteroatoms. The first kappa shape index (κ1) is 17.5. The van der Waals surface area contributed by atoms with Crippen LogP contribution in [0, 0.1) is 5.82 Å². The average molecular weight is 343 g/mol. The highest BCUT2D eigenvalue weighted by atomic mass is 19.1. The Morgan fingerprint density at radius 2 is 1.84 bits per heavy atom. The molecule has 0 unspecified atom stereocenters. The molecule has 0 atom stereocenters. The molecular weight excluding hydrogens is 317 g/mol. The topological polar surface area (TPSA) is 38.7 Å². The lowest BCUT2D eigenvalue weighted by molar-refractivity contribution is 0.304. The molecule has 0 aromatic heterocycles. The van der Waals surface area contributed by atoms with Gasteiger partial charge in [-0.25, -0.2) is 4.39 Å². The fourth-order valence-electron chi connectivity index (χ4n) is 3.28. The van der Waals surface area contributed by atoms with Gasteiger partial charge >= 0.3 is 0 Å². The van der Waals surface area contributed by atoms with Crippen molar-refractivity contribution in [2.45, 2.75) is 19.4 Å². The quantitative estimate of drug-likeness (QED) is 0.807. The van der Waals surface area contributed by atoms with Gasteiger partial charge in [-0.2, -0.15) is 0 Å². The molecule has 1 saturated heterocycles. The Labute approximate surface area is 148 Å². The van der Waals surface area contributed by atoms with Crippen LogP contribution in [0.2, 0.25) is 0 Å². The first-order chi connectivity index (χ1) is 12.2. The number of aliphatic hydroxyl groups is 1. The minimum Gasteiger partial charge on any atom is -0.395 e. The molecule has 2 N–H and O–H groups in total. The number of halogens is 1. The Bertz CT molecular complexity index is 684. The van der Waals surface area contributed by atoms with Crippen molar-refractivity contribution in [3.63, 3.8) is 0 Å². The maximum Gasteiger partial charge on any atom is 0.130 e. The van der Waals surface area contributed by atoms with Crippen LogP contribution in [-0.4, -0.2) is 38.4 Å². The van der Waals surface area contributed by atoms with Gasteiger partial charge in [0.25, 0.3) is 0 Å². The third-order valence-corrected chi connectivity index (χ3v) is 4.75. The predicted octanol–water partition coefficient (Wildman–Crippen LogP) is 3.47. The highest BCUT2D eigenvalue weighted by Gasteiger charge is 2.17. The summed E-state index contributed by atoms with van der Waals surface area (Å²) in [6, 6.07) is 13.3. The van der Waals surface area contributed by atoms with Gasteiger partial charge in [-0.15, -0.1) is 0 Å². The summed E-state index contributed by atoms with van der Waals surface area (Å²) >= 11 is 0. The molecule has 2 aromatic rings. The van der Waals surface area contributed by atoms with Gasteiger partial charge in [0, 0.05) is 55.9 Å². The van der Waals surface area contributed by atoms with Crippen LogP contribution in [0.3, 0.4) is 0 Å². The van der Waals surface area contributed by atoms with E-state index in [-0.39, 0.29) is 12.4 Å². The van der Waals surface area contributed by atoms with E-state index < -0.39 is 0 Å². The van der Waals surface area contributed by atoms with E-state index in [9.17, 15) is 4.39 Å². The molecule has 134 valence electrons. The van der Waals surface area contributed by atoms with E-state index in [2.05, 4.69) is 10.2 Å². The van der Waals surface area contributed by atoms with Gasteiger partial charge in [-0.1, -0.05) is 6.07 Å². The Morgan fingerprint density at radius 3 is 2.52 bits per heavy atom. The molecule has 1 fully saturated rings. The molecule has 2 aromatic carbocycles. The van der Waals surface area contributed by atoms with Crippen LogP contribution in [0.15, 0.2) is 42.5 Å². The Hall–Kier alpha value is -2.27. The van der Waals surface area contributed by atoms with E-state index in [1.54, 1.807) is 6.07 Å². The zero-order chi connectivity index (χ0) is 17.6. The van der Waals surface area contributed by atoms with E-state index in [0.29, 0.717) is 13.1 Å². The van der Waals surface area contributed by atoms with Crippen LogP contribution in [0.5, 0.6) is 0 Å². The molecule has 0 saturated carbocycles. The maximum absolute atomic E-state index is 14.4. The number of hydrogen-bond acceptors (Lipinski definition) is 4.